The first-order chi connectivity index (χ1) is 11.9. The number of amides is 2. The maximum atomic E-state index is 12.5. The molecule has 2 aromatic carbocycles. The number of halogens is 1. The molecule has 0 atom stereocenters. The number of nitrogens with one attached hydrogen (secondary N) is 2. The fraction of sp³-hybridized carbons (Fsp3) is 0.125. The lowest BCUT2D eigenvalue weighted by Crippen LogP contribution is -2.19. The number of anilines is 1. The number of non-ortho nitro benzene ring substituents is 1. The van der Waals surface area contributed by atoms with Crippen molar-refractivity contribution in [3.63, 3.8) is 0 Å². The first-order valence-corrected chi connectivity index (χ1v) is 7.40. The van der Waals surface area contributed by atoms with Crippen LogP contribution >= 0.6 is 11.6 Å². The summed E-state index contributed by atoms with van der Waals surface area (Å²) in [5, 5.41) is 16.1. The Bertz CT molecular complexity index is 854. The van der Waals surface area contributed by atoms with Crippen LogP contribution in [-0.2, 0) is 0 Å². The molecule has 0 aliphatic rings. The number of ether oxygens (including phenoxy) is 1. The molecule has 0 unspecified atom stereocenters. The molecule has 0 saturated heterocycles. The van der Waals surface area contributed by atoms with E-state index in [0.29, 0.717) is 5.69 Å². The highest BCUT2D eigenvalue weighted by molar-refractivity contribution is 6.34. The maximum Gasteiger partial charge on any atom is 0.270 e. The van der Waals surface area contributed by atoms with Crippen LogP contribution in [0, 0.1) is 10.1 Å². The van der Waals surface area contributed by atoms with Gasteiger partial charge in [-0.1, -0.05) is 11.6 Å². The minimum atomic E-state index is -0.620. The minimum Gasteiger partial charge on any atom is -0.496 e. The summed E-state index contributed by atoms with van der Waals surface area (Å²) in [4.78, 5) is 34.5. The van der Waals surface area contributed by atoms with Crippen LogP contribution in [0.15, 0.2) is 36.4 Å². The Morgan fingerprint density at radius 3 is 2.44 bits per heavy atom. The molecule has 0 aliphatic heterocycles. The summed E-state index contributed by atoms with van der Waals surface area (Å²) in [5.41, 5.74) is 0.246. The highest BCUT2D eigenvalue weighted by atomic mass is 35.5. The van der Waals surface area contributed by atoms with Crippen LogP contribution in [0.2, 0.25) is 5.02 Å². The third-order valence-electron chi connectivity index (χ3n) is 3.33. The highest BCUT2D eigenvalue weighted by Crippen LogP contribution is 2.26. The van der Waals surface area contributed by atoms with Crippen molar-refractivity contribution in [2.75, 3.05) is 19.5 Å². The van der Waals surface area contributed by atoms with Crippen molar-refractivity contribution in [3.8, 4) is 5.75 Å². The summed E-state index contributed by atoms with van der Waals surface area (Å²) in [6.07, 6.45) is 0. The number of hydrogen-bond donors (Lipinski definition) is 2. The molecule has 0 aromatic heterocycles. The van der Waals surface area contributed by atoms with E-state index in [2.05, 4.69) is 10.6 Å². The number of hydrogen-bond acceptors (Lipinski definition) is 5. The van der Waals surface area contributed by atoms with E-state index >= 15 is 0 Å². The molecule has 25 heavy (non-hydrogen) atoms. The lowest BCUT2D eigenvalue weighted by atomic mass is 10.1. The van der Waals surface area contributed by atoms with Gasteiger partial charge in [-0.15, -0.1) is 0 Å². The second-order valence-electron chi connectivity index (χ2n) is 4.87. The second-order valence-corrected chi connectivity index (χ2v) is 5.28. The van der Waals surface area contributed by atoms with Crippen LogP contribution in [0.3, 0.4) is 0 Å². The van der Waals surface area contributed by atoms with Gasteiger partial charge >= 0.3 is 0 Å². The Balaban J connectivity index is 2.35. The molecular formula is C16H14ClN3O5. The first-order valence-electron chi connectivity index (χ1n) is 7.02. The lowest BCUT2D eigenvalue weighted by molar-refractivity contribution is -0.384. The predicted molar refractivity (Wildman–Crippen MR) is 92.4 cm³/mol. The molecule has 9 heteroatoms. The van der Waals surface area contributed by atoms with E-state index < -0.39 is 16.7 Å². The zero-order valence-electron chi connectivity index (χ0n) is 13.3. The molecule has 0 radical (unpaired) electrons. The van der Waals surface area contributed by atoms with Crippen LogP contribution in [0.1, 0.15) is 20.7 Å². The highest BCUT2D eigenvalue weighted by Gasteiger charge is 2.18. The van der Waals surface area contributed by atoms with Crippen LogP contribution in [-0.4, -0.2) is 30.9 Å². The summed E-state index contributed by atoms with van der Waals surface area (Å²) in [5.74, 6) is -0.844. The Morgan fingerprint density at radius 1 is 1.12 bits per heavy atom. The Labute approximate surface area is 147 Å². The van der Waals surface area contributed by atoms with Gasteiger partial charge in [0, 0.05) is 24.9 Å². The van der Waals surface area contributed by atoms with E-state index in [9.17, 15) is 19.7 Å². The number of carbonyl (C=O) groups is 2. The largest absolute Gasteiger partial charge is 0.496 e. The first kappa shape index (κ1) is 18.2. The van der Waals surface area contributed by atoms with E-state index in [4.69, 9.17) is 16.3 Å². The zero-order valence-corrected chi connectivity index (χ0v) is 14.1. The number of rotatable bonds is 5. The summed E-state index contributed by atoms with van der Waals surface area (Å²) >= 11 is 5.96. The van der Waals surface area contributed by atoms with Gasteiger partial charge in [0.05, 0.1) is 28.2 Å². The Hall–Kier alpha value is -3.13. The number of nitro groups is 1. The lowest BCUT2D eigenvalue weighted by Gasteiger charge is -2.11. The molecule has 2 amide bonds. The molecule has 8 nitrogen and oxygen atoms in total. The van der Waals surface area contributed by atoms with Crippen molar-refractivity contribution in [1.82, 2.24) is 5.32 Å². The van der Waals surface area contributed by atoms with Gasteiger partial charge in [0.25, 0.3) is 17.5 Å². The van der Waals surface area contributed by atoms with Crippen molar-refractivity contribution < 1.29 is 19.2 Å². The molecular weight excluding hydrogens is 350 g/mol. The van der Waals surface area contributed by atoms with E-state index in [1.807, 2.05) is 0 Å². The van der Waals surface area contributed by atoms with Crippen molar-refractivity contribution in [2.24, 2.45) is 0 Å². The number of methoxy groups -OCH3 is 1. The van der Waals surface area contributed by atoms with Gasteiger partial charge in [0.15, 0.2) is 0 Å². The van der Waals surface area contributed by atoms with Crippen molar-refractivity contribution in [3.05, 3.63) is 62.7 Å². The van der Waals surface area contributed by atoms with Crippen molar-refractivity contribution in [2.45, 2.75) is 0 Å². The normalized spacial score (nSPS) is 10.0. The number of carbonyl (C=O) groups excluding carboxylic acids is 2. The van der Waals surface area contributed by atoms with Crippen LogP contribution in [0.25, 0.3) is 0 Å². The Morgan fingerprint density at radius 2 is 1.84 bits per heavy atom. The smallest absolute Gasteiger partial charge is 0.270 e. The third-order valence-corrected chi connectivity index (χ3v) is 3.66. The average Bonchev–Trinajstić information content (AvgIpc) is 2.61. The molecule has 0 aliphatic carbocycles. The van der Waals surface area contributed by atoms with Gasteiger partial charge in [0.2, 0.25) is 0 Å². The van der Waals surface area contributed by atoms with E-state index in [0.717, 1.165) is 6.07 Å². The van der Waals surface area contributed by atoms with Gasteiger partial charge in [0.1, 0.15) is 5.75 Å². The maximum absolute atomic E-state index is 12.5. The quantitative estimate of drug-likeness (QED) is 0.626. The number of nitrogens with zero attached hydrogens (tertiary/aromatic N) is 1. The third kappa shape index (κ3) is 4.04. The molecule has 130 valence electrons. The zero-order chi connectivity index (χ0) is 18.6. The van der Waals surface area contributed by atoms with Gasteiger partial charge in [-0.3, -0.25) is 19.7 Å². The number of nitro benzene ring substituents is 1. The fourth-order valence-corrected chi connectivity index (χ4v) is 2.30. The summed E-state index contributed by atoms with van der Waals surface area (Å²) in [6.45, 7) is 0. The molecule has 0 heterocycles. The van der Waals surface area contributed by atoms with Crippen LogP contribution < -0.4 is 15.4 Å². The summed E-state index contributed by atoms with van der Waals surface area (Å²) < 4.78 is 5.07. The molecule has 0 spiro atoms. The fourth-order valence-electron chi connectivity index (χ4n) is 2.10. The van der Waals surface area contributed by atoms with Crippen molar-refractivity contribution in [1.29, 1.82) is 0 Å². The van der Waals surface area contributed by atoms with E-state index in [-0.39, 0.29) is 27.6 Å². The minimum absolute atomic E-state index is 0.00635. The molecule has 0 saturated carbocycles. The topological polar surface area (TPSA) is 111 Å². The SMILES string of the molecule is CNC(=O)c1cc(NC(=O)c2cc([N+](=O)[O-])ccc2OC)ccc1Cl. The summed E-state index contributed by atoms with van der Waals surface area (Å²) in [7, 11) is 2.81. The van der Waals surface area contributed by atoms with Crippen LogP contribution in [0.4, 0.5) is 11.4 Å². The van der Waals surface area contributed by atoms with Gasteiger partial charge in [-0.2, -0.15) is 0 Å². The monoisotopic (exact) mass is 363 g/mol. The molecule has 0 fully saturated rings. The Kier molecular flexibility index (Phi) is 5.56. The van der Waals surface area contributed by atoms with E-state index in [1.165, 1.54) is 44.5 Å². The summed E-state index contributed by atoms with van der Waals surface area (Å²) in [6, 6.07) is 8.07. The van der Waals surface area contributed by atoms with Crippen LogP contribution in [0.5, 0.6) is 5.75 Å². The average molecular weight is 364 g/mol. The number of benzene rings is 2. The second kappa shape index (κ2) is 7.63. The van der Waals surface area contributed by atoms with Gasteiger partial charge < -0.3 is 15.4 Å². The molecule has 0 bridgehead atoms. The molecule has 2 N–H and O–H groups in total. The van der Waals surface area contributed by atoms with E-state index in [1.54, 1.807) is 0 Å². The standard InChI is InChI=1S/C16H14ClN3O5/c1-18-15(21)11-7-9(3-5-13(11)17)19-16(22)12-8-10(20(23)24)4-6-14(12)25-2/h3-8H,1-2H3,(H,18,21)(H,19,22). The molecule has 2 aromatic rings. The molecule has 2 rings (SSSR count). The predicted octanol–water partition coefficient (Wildman–Crippen LogP) is 2.87. The van der Waals surface area contributed by atoms with Crippen molar-refractivity contribution >= 4 is 34.8 Å². The van der Waals surface area contributed by atoms with Gasteiger partial charge in [-0.05, 0) is 24.3 Å². The van der Waals surface area contributed by atoms with Gasteiger partial charge in [-0.25, -0.2) is 0 Å².